The van der Waals surface area contributed by atoms with Gasteiger partial charge in [-0.1, -0.05) is 20.8 Å². The number of aromatic nitrogens is 2. The summed E-state index contributed by atoms with van der Waals surface area (Å²) in [7, 11) is 0. The van der Waals surface area contributed by atoms with Crippen LogP contribution in [0.25, 0.3) is 11.0 Å². The van der Waals surface area contributed by atoms with Gasteiger partial charge in [-0.15, -0.1) is 0 Å². The molecule has 0 radical (unpaired) electrons. The Morgan fingerprint density at radius 2 is 1.86 bits per heavy atom. The van der Waals surface area contributed by atoms with Crippen LogP contribution in [0, 0.1) is 5.41 Å². The highest BCUT2D eigenvalue weighted by atomic mass is 16.6. The quantitative estimate of drug-likeness (QED) is 0.919. The number of nitrogens with one attached hydrogen (secondary N) is 1. The molecule has 2 rings (SSSR count). The normalized spacial score (nSPS) is 12.6. The summed E-state index contributed by atoms with van der Waals surface area (Å²) in [6, 6.07) is 5.07. The lowest BCUT2D eigenvalue weighted by atomic mass is 9.98. The van der Waals surface area contributed by atoms with E-state index < -0.39 is 5.60 Å². The fourth-order valence-electron chi connectivity index (χ4n) is 1.78. The minimum atomic E-state index is -0.428. The monoisotopic (exact) mass is 305 g/mol. The summed E-state index contributed by atoms with van der Waals surface area (Å²) in [5.41, 5.74) is 1.38. The first-order valence-corrected chi connectivity index (χ1v) is 7.31. The Morgan fingerprint density at radius 1 is 1.18 bits per heavy atom. The second-order valence-electron chi connectivity index (χ2n) is 7.26. The summed E-state index contributed by atoms with van der Waals surface area (Å²) in [4.78, 5) is 12.2. The number of rotatable bonds is 5. The lowest BCUT2D eigenvalue weighted by Crippen LogP contribution is -2.42. The Kier molecular flexibility index (Phi) is 4.51. The molecule has 1 aromatic carbocycles. The molecule has 0 atom stereocenters. The van der Waals surface area contributed by atoms with Crippen LogP contribution >= 0.6 is 0 Å². The molecule has 0 saturated carbocycles. The largest absolute Gasteiger partial charge is 0.373 e. The Labute approximate surface area is 130 Å². The van der Waals surface area contributed by atoms with E-state index in [0.29, 0.717) is 29.7 Å². The van der Waals surface area contributed by atoms with Gasteiger partial charge in [-0.05, 0) is 47.8 Å². The number of amides is 1. The number of carbonyl (C=O) groups excluding carboxylic acids is 1. The average Bonchev–Trinajstić information content (AvgIpc) is 2.89. The Bertz CT molecular complexity index is 656. The van der Waals surface area contributed by atoms with Crippen LogP contribution in [0.3, 0.4) is 0 Å². The van der Waals surface area contributed by atoms with Crippen LogP contribution in [0.15, 0.2) is 22.8 Å². The summed E-state index contributed by atoms with van der Waals surface area (Å²) in [5.74, 6) is -0.169. The van der Waals surface area contributed by atoms with Crippen molar-refractivity contribution in [1.82, 2.24) is 15.6 Å². The molecule has 0 aliphatic carbocycles. The highest BCUT2D eigenvalue weighted by Crippen LogP contribution is 2.18. The highest BCUT2D eigenvalue weighted by Gasteiger charge is 2.23. The van der Waals surface area contributed by atoms with Crippen LogP contribution in [-0.2, 0) is 4.74 Å². The molecule has 22 heavy (non-hydrogen) atoms. The fraction of sp³-hybridized carbons (Fsp3) is 0.562. The molecule has 0 saturated heterocycles. The third-order valence-electron chi connectivity index (χ3n) is 3.09. The maximum absolute atomic E-state index is 12.2. The third kappa shape index (κ3) is 4.53. The van der Waals surface area contributed by atoms with Gasteiger partial charge in [-0.3, -0.25) is 4.79 Å². The van der Waals surface area contributed by atoms with Crippen molar-refractivity contribution in [3.63, 3.8) is 0 Å². The second-order valence-corrected chi connectivity index (χ2v) is 7.26. The zero-order chi connectivity index (χ0) is 16.4. The van der Waals surface area contributed by atoms with E-state index >= 15 is 0 Å². The average molecular weight is 305 g/mol. The minimum Gasteiger partial charge on any atom is -0.373 e. The molecule has 0 unspecified atom stereocenters. The second kappa shape index (κ2) is 6.04. The fourth-order valence-corrected chi connectivity index (χ4v) is 1.78. The van der Waals surface area contributed by atoms with Crippen LogP contribution in [0.2, 0.25) is 0 Å². The minimum absolute atomic E-state index is 0.0896. The molecule has 120 valence electrons. The number of fused-ring (bicyclic) bond motifs is 1. The van der Waals surface area contributed by atoms with Crippen molar-refractivity contribution in [2.45, 2.75) is 40.2 Å². The highest BCUT2D eigenvalue weighted by molar-refractivity contribution is 5.97. The van der Waals surface area contributed by atoms with Gasteiger partial charge in [0.1, 0.15) is 11.0 Å². The van der Waals surface area contributed by atoms with Crippen molar-refractivity contribution < 1.29 is 14.2 Å². The van der Waals surface area contributed by atoms with Crippen LogP contribution < -0.4 is 5.32 Å². The molecule has 2 aromatic rings. The van der Waals surface area contributed by atoms with E-state index in [2.05, 4.69) is 41.0 Å². The number of carbonyl (C=O) groups is 1. The first kappa shape index (κ1) is 16.4. The molecule has 0 fully saturated rings. The van der Waals surface area contributed by atoms with E-state index in [-0.39, 0.29) is 11.3 Å². The van der Waals surface area contributed by atoms with Crippen molar-refractivity contribution in [2.24, 2.45) is 5.41 Å². The van der Waals surface area contributed by atoms with E-state index in [9.17, 15) is 4.79 Å². The first-order valence-electron chi connectivity index (χ1n) is 7.31. The first-order chi connectivity index (χ1) is 10.2. The molecule has 0 aliphatic heterocycles. The molecule has 6 heteroatoms. The van der Waals surface area contributed by atoms with Crippen molar-refractivity contribution in [2.75, 3.05) is 13.2 Å². The zero-order valence-corrected chi connectivity index (χ0v) is 13.8. The topological polar surface area (TPSA) is 77.2 Å². The zero-order valence-electron chi connectivity index (χ0n) is 13.8. The van der Waals surface area contributed by atoms with Gasteiger partial charge < -0.3 is 10.1 Å². The lowest BCUT2D eigenvalue weighted by Gasteiger charge is -2.30. The van der Waals surface area contributed by atoms with Crippen LogP contribution in [0.4, 0.5) is 0 Å². The van der Waals surface area contributed by atoms with Crippen LogP contribution in [0.5, 0.6) is 0 Å². The SMILES string of the molecule is CC(C)(C)COC(C)(C)CNC(=O)c1ccc2nonc2c1. The van der Waals surface area contributed by atoms with Gasteiger partial charge in [0.25, 0.3) is 5.91 Å². The number of benzene rings is 1. The lowest BCUT2D eigenvalue weighted by molar-refractivity contribution is -0.0479. The Balaban J connectivity index is 1.93. The predicted octanol–water partition coefficient (Wildman–Crippen LogP) is 2.79. The summed E-state index contributed by atoms with van der Waals surface area (Å²) in [6.45, 7) is 11.3. The van der Waals surface area contributed by atoms with E-state index in [1.807, 2.05) is 13.8 Å². The third-order valence-corrected chi connectivity index (χ3v) is 3.09. The van der Waals surface area contributed by atoms with E-state index in [1.165, 1.54) is 0 Å². The molecule has 1 N–H and O–H groups in total. The molecule has 6 nitrogen and oxygen atoms in total. The molecule has 0 aliphatic rings. The van der Waals surface area contributed by atoms with Crippen LogP contribution in [-0.4, -0.2) is 35.0 Å². The summed E-state index contributed by atoms with van der Waals surface area (Å²) in [6.07, 6.45) is 0. The van der Waals surface area contributed by atoms with E-state index in [0.717, 1.165) is 0 Å². The number of nitrogens with zero attached hydrogens (tertiary/aromatic N) is 2. The maximum Gasteiger partial charge on any atom is 0.251 e. The van der Waals surface area contributed by atoms with Gasteiger partial charge in [0.05, 0.1) is 12.2 Å². The smallest absolute Gasteiger partial charge is 0.251 e. The summed E-state index contributed by atoms with van der Waals surface area (Å²) >= 11 is 0. The van der Waals surface area contributed by atoms with E-state index in [1.54, 1.807) is 18.2 Å². The van der Waals surface area contributed by atoms with Gasteiger partial charge in [0, 0.05) is 12.1 Å². The molecule has 1 amide bonds. The molecule has 1 heterocycles. The molecule has 0 bridgehead atoms. The molecule has 0 spiro atoms. The molecular formula is C16H23N3O3. The van der Waals surface area contributed by atoms with Crippen molar-refractivity contribution in [3.05, 3.63) is 23.8 Å². The van der Waals surface area contributed by atoms with Crippen LogP contribution in [0.1, 0.15) is 45.0 Å². The van der Waals surface area contributed by atoms with Crippen molar-refractivity contribution in [3.8, 4) is 0 Å². The van der Waals surface area contributed by atoms with Crippen molar-refractivity contribution in [1.29, 1.82) is 0 Å². The van der Waals surface area contributed by atoms with Gasteiger partial charge in [-0.25, -0.2) is 4.63 Å². The summed E-state index contributed by atoms with van der Waals surface area (Å²) < 4.78 is 10.5. The number of hydrogen-bond donors (Lipinski definition) is 1. The molecular weight excluding hydrogens is 282 g/mol. The Hall–Kier alpha value is -1.95. The number of ether oxygens (including phenoxy) is 1. The molecule has 1 aromatic heterocycles. The standard InChI is InChI=1S/C16H23N3O3/c1-15(2,3)10-21-16(4,5)9-17-14(20)11-6-7-12-13(8-11)19-22-18-12/h6-8H,9-10H2,1-5H3,(H,17,20). The van der Waals surface area contributed by atoms with Gasteiger partial charge in [0.15, 0.2) is 0 Å². The van der Waals surface area contributed by atoms with Gasteiger partial charge >= 0.3 is 0 Å². The van der Waals surface area contributed by atoms with E-state index in [4.69, 9.17) is 4.74 Å². The van der Waals surface area contributed by atoms with Gasteiger partial charge in [-0.2, -0.15) is 0 Å². The van der Waals surface area contributed by atoms with Crippen molar-refractivity contribution >= 4 is 16.9 Å². The Morgan fingerprint density at radius 3 is 2.55 bits per heavy atom. The predicted molar refractivity (Wildman–Crippen MR) is 83.6 cm³/mol. The maximum atomic E-state index is 12.2. The number of hydrogen-bond acceptors (Lipinski definition) is 5. The van der Waals surface area contributed by atoms with Gasteiger partial charge in [0.2, 0.25) is 0 Å². The summed E-state index contributed by atoms with van der Waals surface area (Å²) in [5, 5.41) is 10.3.